The van der Waals surface area contributed by atoms with Gasteiger partial charge in [-0.05, 0) is 12.5 Å². The number of rotatable bonds is 5. The van der Waals surface area contributed by atoms with E-state index in [-0.39, 0.29) is 5.78 Å². The first-order valence-corrected chi connectivity index (χ1v) is 6.26. The Bertz CT molecular complexity index is 605. The zero-order chi connectivity index (χ0) is 13.7. The highest BCUT2D eigenvalue weighted by atomic mass is 16.1. The number of hydrogen-bond donors (Lipinski definition) is 1. The summed E-state index contributed by atoms with van der Waals surface area (Å²) in [6.45, 7) is 5.61. The van der Waals surface area contributed by atoms with Gasteiger partial charge >= 0.3 is 0 Å². The molecule has 2 rings (SSSR count). The smallest absolute Gasteiger partial charge is 0.169 e. The second-order valence-corrected chi connectivity index (χ2v) is 4.42. The quantitative estimate of drug-likeness (QED) is 0.633. The van der Waals surface area contributed by atoms with Crippen molar-refractivity contribution in [1.82, 2.24) is 4.98 Å². The van der Waals surface area contributed by atoms with Crippen LogP contribution >= 0.6 is 0 Å². The van der Waals surface area contributed by atoms with E-state index < -0.39 is 0 Å². The Kier molecular flexibility index (Phi) is 4.14. The van der Waals surface area contributed by atoms with E-state index in [1.807, 2.05) is 49.4 Å². The van der Waals surface area contributed by atoms with Gasteiger partial charge in [-0.2, -0.15) is 0 Å². The molecule has 0 saturated carbocycles. The molecule has 0 atom stereocenters. The Balaban J connectivity index is 2.24. The van der Waals surface area contributed by atoms with Crippen LogP contribution in [0.5, 0.6) is 0 Å². The van der Waals surface area contributed by atoms with Crippen LogP contribution in [-0.4, -0.2) is 10.8 Å². The van der Waals surface area contributed by atoms with Crippen LogP contribution in [-0.2, 0) is 6.42 Å². The number of aryl methyl sites for hydroxylation is 1. The first-order chi connectivity index (χ1) is 9.22. The fourth-order valence-corrected chi connectivity index (χ4v) is 2.02. The topological polar surface area (TPSA) is 32.9 Å². The van der Waals surface area contributed by atoms with E-state index >= 15 is 0 Å². The molecule has 0 aliphatic heterocycles. The van der Waals surface area contributed by atoms with E-state index in [1.54, 1.807) is 12.3 Å². The molecule has 0 fully saturated rings. The maximum absolute atomic E-state index is 12.3. The van der Waals surface area contributed by atoms with Crippen molar-refractivity contribution < 1.29 is 4.79 Å². The van der Waals surface area contributed by atoms with Crippen molar-refractivity contribution in [1.29, 1.82) is 0 Å². The fourth-order valence-electron chi connectivity index (χ4n) is 2.02. The number of ketones is 1. The summed E-state index contributed by atoms with van der Waals surface area (Å²) in [7, 11) is 0. The predicted molar refractivity (Wildman–Crippen MR) is 79.2 cm³/mol. The van der Waals surface area contributed by atoms with Crippen molar-refractivity contribution in [2.75, 3.05) is 0 Å². The second kappa shape index (κ2) is 6.01. The number of Topliss-reactive ketones (excluding diaryl/α,β-unsaturated/α-hetero) is 1. The van der Waals surface area contributed by atoms with Gasteiger partial charge in [0.2, 0.25) is 0 Å². The second-order valence-electron chi connectivity index (χ2n) is 4.42. The number of aromatic nitrogens is 1. The average Bonchev–Trinajstić information content (AvgIpc) is 2.79. The lowest BCUT2D eigenvalue weighted by Gasteiger charge is -2.01. The lowest BCUT2D eigenvalue weighted by atomic mass is 10.0. The van der Waals surface area contributed by atoms with E-state index in [0.29, 0.717) is 6.42 Å². The van der Waals surface area contributed by atoms with Crippen molar-refractivity contribution >= 4 is 11.9 Å². The molecule has 0 spiro atoms. The van der Waals surface area contributed by atoms with Crippen LogP contribution in [0.2, 0.25) is 0 Å². The standard InChI is InChI=1S/C17H17NO/c1-3-4-10-15-13(2)18-12-16(15)17(19)11-14-8-6-5-7-9-14/h3-10,12,18H,1,11H2,2H3/b10-4-. The summed E-state index contributed by atoms with van der Waals surface area (Å²) in [5, 5.41) is 0. The van der Waals surface area contributed by atoms with Gasteiger partial charge in [0, 0.05) is 29.4 Å². The van der Waals surface area contributed by atoms with E-state index in [2.05, 4.69) is 11.6 Å². The molecule has 19 heavy (non-hydrogen) atoms. The van der Waals surface area contributed by atoms with Gasteiger partial charge in [-0.25, -0.2) is 0 Å². The molecular weight excluding hydrogens is 234 g/mol. The van der Waals surface area contributed by atoms with Gasteiger partial charge in [0.15, 0.2) is 5.78 Å². The van der Waals surface area contributed by atoms with Crippen LogP contribution in [0.3, 0.4) is 0 Å². The van der Waals surface area contributed by atoms with Gasteiger partial charge < -0.3 is 4.98 Å². The fraction of sp³-hybridized carbons (Fsp3) is 0.118. The van der Waals surface area contributed by atoms with Gasteiger partial charge in [0.25, 0.3) is 0 Å². The third-order valence-corrected chi connectivity index (χ3v) is 3.03. The first-order valence-electron chi connectivity index (χ1n) is 6.26. The number of carbonyl (C=O) groups excluding carboxylic acids is 1. The van der Waals surface area contributed by atoms with E-state index in [9.17, 15) is 4.79 Å². The van der Waals surface area contributed by atoms with E-state index in [0.717, 1.165) is 22.4 Å². The molecule has 2 nitrogen and oxygen atoms in total. The van der Waals surface area contributed by atoms with Gasteiger partial charge in [-0.15, -0.1) is 0 Å². The van der Waals surface area contributed by atoms with Crippen molar-refractivity contribution in [3.05, 3.63) is 77.6 Å². The molecule has 1 heterocycles. The monoisotopic (exact) mass is 251 g/mol. The van der Waals surface area contributed by atoms with Crippen molar-refractivity contribution in [3.63, 3.8) is 0 Å². The highest BCUT2D eigenvalue weighted by molar-refractivity contribution is 6.01. The molecule has 96 valence electrons. The molecule has 0 unspecified atom stereocenters. The maximum Gasteiger partial charge on any atom is 0.169 e. The van der Waals surface area contributed by atoms with Crippen LogP contribution in [0, 0.1) is 6.92 Å². The predicted octanol–water partition coefficient (Wildman–Crippen LogP) is 3.95. The summed E-state index contributed by atoms with van der Waals surface area (Å²) in [4.78, 5) is 15.4. The highest BCUT2D eigenvalue weighted by Crippen LogP contribution is 2.18. The van der Waals surface area contributed by atoms with Crippen LogP contribution in [0.25, 0.3) is 6.08 Å². The number of aromatic amines is 1. The Morgan fingerprint density at radius 1 is 1.32 bits per heavy atom. The lowest BCUT2D eigenvalue weighted by molar-refractivity contribution is 0.0993. The van der Waals surface area contributed by atoms with Gasteiger partial charge in [-0.1, -0.05) is 55.1 Å². The zero-order valence-corrected chi connectivity index (χ0v) is 11.0. The molecule has 2 heteroatoms. The minimum atomic E-state index is 0.124. The van der Waals surface area contributed by atoms with Crippen molar-refractivity contribution in [3.8, 4) is 0 Å². The number of hydrogen-bond acceptors (Lipinski definition) is 1. The van der Waals surface area contributed by atoms with Crippen molar-refractivity contribution in [2.45, 2.75) is 13.3 Å². The molecule has 0 bridgehead atoms. The zero-order valence-electron chi connectivity index (χ0n) is 11.0. The molecule has 1 aromatic carbocycles. The lowest BCUT2D eigenvalue weighted by Crippen LogP contribution is -2.03. The van der Waals surface area contributed by atoms with Gasteiger partial charge in [0.1, 0.15) is 0 Å². The number of nitrogens with one attached hydrogen (secondary N) is 1. The largest absolute Gasteiger partial charge is 0.364 e. The molecule has 0 amide bonds. The summed E-state index contributed by atoms with van der Waals surface area (Å²) >= 11 is 0. The van der Waals surface area contributed by atoms with Gasteiger partial charge in [-0.3, -0.25) is 4.79 Å². The van der Waals surface area contributed by atoms with Crippen LogP contribution < -0.4 is 0 Å². The molecule has 0 aliphatic carbocycles. The molecular formula is C17H17NO. The first kappa shape index (κ1) is 13.1. The third kappa shape index (κ3) is 3.10. The molecule has 1 N–H and O–H groups in total. The minimum absolute atomic E-state index is 0.124. The van der Waals surface area contributed by atoms with Crippen LogP contribution in [0.1, 0.15) is 27.2 Å². The highest BCUT2D eigenvalue weighted by Gasteiger charge is 2.13. The van der Waals surface area contributed by atoms with E-state index in [4.69, 9.17) is 0 Å². The Morgan fingerprint density at radius 2 is 2.05 bits per heavy atom. The van der Waals surface area contributed by atoms with Crippen LogP contribution in [0.15, 0.2) is 55.3 Å². The summed E-state index contributed by atoms with van der Waals surface area (Å²) < 4.78 is 0. The summed E-state index contributed by atoms with van der Waals surface area (Å²) in [6.07, 6.45) is 7.67. The Morgan fingerprint density at radius 3 is 2.74 bits per heavy atom. The minimum Gasteiger partial charge on any atom is -0.364 e. The van der Waals surface area contributed by atoms with Crippen molar-refractivity contribution in [2.24, 2.45) is 0 Å². The number of allylic oxidation sites excluding steroid dienone is 2. The summed E-state index contributed by atoms with van der Waals surface area (Å²) in [5.74, 6) is 0.124. The number of carbonyl (C=O) groups is 1. The summed E-state index contributed by atoms with van der Waals surface area (Å²) in [5.41, 5.74) is 3.71. The SMILES string of the molecule is C=C/C=C\c1c(C(=O)Cc2ccccc2)c[nH]c1C. The Hall–Kier alpha value is -2.35. The van der Waals surface area contributed by atoms with Gasteiger partial charge in [0.05, 0.1) is 0 Å². The number of benzene rings is 1. The molecule has 0 aliphatic rings. The molecule has 2 aromatic rings. The van der Waals surface area contributed by atoms with E-state index in [1.165, 1.54) is 0 Å². The molecule has 0 saturated heterocycles. The third-order valence-electron chi connectivity index (χ3n) is 3.03. The maximum atomic E-state index is 12.3. The normalized spacial score (nSPS) is 10.8. The average molecular weight is 251 g/mol. The van der Waals surface area contributed by atoms with Crippen LogP contribution in [0.4, 0.5) is 0 Å². The number of H-pyrrole nitrogens is 1. The summed E-state index contributed by atoms with van der Waals surface area (Å²) in [6, 6.07) is 9.78. The Labute approximate surface area is 113 Å². The molecule has 0 radical (unpaired) electrons. The molecule has 1 aromatic heterocycles.